The lowest BCUT2D eigenvalue weighted by Gasteiger charge is -2.21. The number of aromatic hydroxyl groups is 1. The van der Waals surface area contributed by atoms with Gasteiger partial charge in [0.15, 0.2) is 0 Å². The maximum absolute atomic E-state index is 9.19. The number of phenolic OH excluding ortho intramolecular Hbond substituents is 1. The fourth-order valence-corrected chi connectivity index (χ4v) is 2.30. The summed E-state index contributed by atoms with van der Waals surface area (Å²) in [6.07, 6.45) is 6.03. The second-order valence-electron chi connectivity index (χ2n) is 4.82. The molecule has 1 aromatic rings. The molecule has 0 radical (unpaired) electrons. The van der Waals surface area contributed by atoms with Gasteiger partial charge in [-0.15, -0.1) is 0 Å². The molecule has 1 fully saturated rings. The summed E-state index contributed by atoms with van der Waals surface area (Å²) in [6.45, 7) is 0.582. The Morgan fingerprint density at radius 1 is 1.12 bits per heavy atom. The molecular formula is C14H21NO2. The molecular weight excluding hydrogens is 214 g/mol. The zero-order valence-electron chi connectivity index (χ0n) is 10.1. The van der Waals surface area contributed by atoms with Crippen LogP contribution in [0.25, 0.3) is 0 Å². The van der Waals surface area contributed by atoms with Gasteiger partial charge in [0.2, 0.25) is 0 Å². The lowest BCUT2D eigenvalue weighted by molar-refractivity contribution is 0.0194. The van der Waals surface area contributed by atoms with E-state index >= 15 is 0 Å². The second-order valence-corrected chi connectivity index (χ2v) is 4.82. The van der Waals surface area contributed by atoms with E-state index in [1.807, 2.05) is 12.1 Å². The summed E-state index contributed by atoms with van der Waals surface area (Å²) in [5.74, 6) is 0.292. The van der Waals surface area contributed by atoms with Crippen LogP contribution in [-0.4, -0.2) is 17.3 Å². The van der Waals surface area contributed by atoms with E-state index < -0.39 is 0 Å². The maximum Gasteiger partial charge on any atom is 0.115 e. The number of ether oxygens (including phenoxy) is 1. The molecule has 0 amide bonds. The predicted molar refractivity (Wildman–Crippen MR) is 67.7 cm³/mol. The zero-order chi connectivity index (χ0) is 12.1. The van der Waals surface area contributed by atoms with Crippen molar-refractivity contribution in [2.75, 3.05) is 0 Å². The van der Waals surface area contributed by atoms with Crippen molar-refractivity contribution in [3.63, 3.8) is 0 Å². The summed E-state index contributed by atoms with van der Waals surface area (Å²) in [5, 5.41) is 9.19. The summed E-state index contributed by atoms with van der Waals surface area (Å²) >= 11 is 0. The third-order valence-electron chi connectivity index (χ3n) is 3.40. The summed E-state index contributed by atoms with van der Waals surface area (Å²) in [7, 11) is 0. The molecule has 0 spiro atoms. The minimum atomic E-state index is 0.176. The minimum Gasteiger partial charge on any atom is -0.508 e. The number of benzene rings is 1. The highest BCUT2D eigenvalue weighted by Gasteiger charge is 2.20. The van der Waals surface area contributed by atoms with Crippen molar-refractivity contribution in [3.05, 3.63) is 29.8 Å². The van der Waals surface area contributed by atoms with Crippen molar-refractivity contribution < 1.29 is 9.84 Å². The van der Waals surface area contributed by atoms with Gasteiger partial charge in [-0.3, -0.25) is 0 Å². The van der Waals surface area contributed by atoms with Crippen LogP contribution in [0.5, 0.6) is 5.75 Å². The van der Waals surface area contributed by atoms with Crippen LogP contribution >= 0.6 is 0 Å². The van der Waals surface area contributed by atoms with Gasteiger partial charge in [-0.2, -0.15) is 0 Å². The van der Waals surface area contributed by atoms with Crippen LogP contribution in [0.2, 0.25) is 0 Å². The molecule has 1 aliphatic rings. The zero-order valence-corrected chi connectivity index (χ0v) is 10.1. The van der Waals surface area contributed by atoms with Crippen LogP contribution in [-0.2, 0) is 11.3 Å². The number of phenols is 1. The molecule has 17 heavy (non-hydrogen) atoms. The number of nitrogens with two attached hydrogens (primary N) is 1. The summed E-state index contributed by atoms with van der Waals surface area (Å²) in [4.78, 5) is 0. The first-order chi connectivity index (χ1) is 8.25. The lowest BCUT2D eigenvalue weighted by Crippen LogP contribution is -2.35. The first-order valence-corrected chi connectivity index (χ1v) is 6.41. The van der Waals surface area contributed by atoms with Crippen LogP contribution < -0.4 is 5.73 Å². The molecule has 2 atom stereocenters. The van der Waals surface area contributed by atoms with E-state index in [0.717, 1.165) is 18.4 Å². The first-order valence-electron chi connectivity index (χ1n) is 6.41. The van der Waals surface area contributed by atoms with E-state index in [2.05, 4.69) is 0 Å². The van der Waals surface area contributed by atoms with Crippen molar-refractivity contribution in [1.82, 2.24) is 0 Å². The Morgan fingerprint density at radius 3 is 2.59 bits per heavy atom. The predicted octanol–water partition coefficient (Wildman–Crippen LogP) is 2.57. The average Bonchev–Trinajstić information content (AvgIpc) is 2.54. The molecule has 2 unspecified atom stereocenters. The quantitative estimate of drug-likeness (QED) is 0.792. The summed E-state index contributed by atoms with van der Waals surface area (Å²) < 4.78 is 5.89. The second kappa shape index (κ2) is 6.03. The highest BCUT2D eigenvalue weighted by atomic mass is 16.5. The molecule has 3 nitrogen and oxygen atoms in total. The molecule has 1 aromatic carbocycles. The third kappa shape index (κ3) is 3.72. The molecule has 1 aliphatic carbocycles. The molecule has 94 valence electrons. The topological polar surface area (TPSA) is 55.5 Å². The summed E-state index contributed by atoms with van der Waals surface area (Å²) in [6, 6.07) is 7.32. The molecule has 0 saturated heterocycles. The third-order valence-corrected chi connectivity index (χ3v) is 3.40. The maximum atomic E-state index is 9.19. The van der Waals surface area contributed by atoms with Crippen LogP contribution in [0.3, 0.4) is 0 Å². The Morgan fingerprint density at radius 2 is 1.82 bits per heavy atom. The largest absolute Gasteiger partial charge is 0.508 e. The lowest BCUT2D eigenvalue weighted by atomic mass is 10.1. The molecule has 0 bridgehead atoms. The van der Waals surface area contributed by atoms with Crippen LogP contribution in [0.4, 0.5) is 0 Å². The minimum absolute atomic E-state index is 0.176. The smallest absolute Gasteiger partial charge is 0.115 e. The van der Waals surface area contributed by atoms with E-state index in [1.165, 1.54) is 19.3 Å². The van der Waals surface area contributed by atoms with Crippen molar-refractivity contribution in [1.29, 1.82) is 0 Å². The fraction of sp³-hybridized carbons (Fsp3) is 0.571. The molecule has 3 heteroatoms. The molecule has 1 saturated carbocycles. The van der Waals surface area contributed by atoms with E-state index in [4.69, 9.17) is 10.5 Å². The van der Waals surface area contributed by atoms with Crippen molar-refractivity contribution in [2.45, 2.75) is 50.9 Å². The van der Waals surface area contributed by atoms with E-state index in [-0.39, 0.29) is 12.1 Å². The van der Waals surface area contributed by atoms with Gasteiger partial charge in [-0.05, 0) is 30.5 Å². The molecule has 0 heterocycles. The summed E-state index contributed by atoms with van der Waals surface area (Å²) in [5.41, 5.74) is 7.18. The fourth-order valence-electron chi connectivity index (χ4n) is 2.30. The number of rotatable bonds is 3. The Hall–Kier alpha value is -1.06. The SMILES string of the molecule is NC1CCCCCC1OCc1ccc(O)cc1. The number of hydrogen-bond acceptors (Lipinski definition) is 3. The first kappa shape index (κ1) is 12.4. The van der Waals surface area contributed by atoms with Gasteiger partial charge in [0, 0.05) is 6.04 Å². The Balaban J connectivity index is 1.85. The normalized spacial score (nSPS) is 25.5. The Kier molecular flexibility index (Phi) is 4.40. The molecule has 2 rings (SSSR count). The van der Waals surface area contributed by atoms with Crippen LogP contribution in [0.1, 0.15) is 37.7 Å². The van der Waals surface area contributed by atoms with Gasteiger partial charge in [0.05, 0.1) is 12.7 Å². The van der Waals surface area contributed by atoms with E-state index in [0.29, 0.717) is 12.4 Å². The molecule has 3 N–H and O–H groups in total. The van der Waals surface area contributed by atoms with Gasteiger partial charge in [-0.25, -0.2) is 0 Å². The highest BCUT2D eigenvalue weighted by molar-refractivity contribution is 5.25. The van der Waals surface area contributed by atoms with Gasteiger partial charge in [-0.1, -0.05) is 31.4 Å². The Bertz CT molecular complexity index is 337. The van der Waals surface area contributed by atoms with Crippen LogP contribution in [0, 0.1) is 0 Å². The van der Waals surface area contributed by atoms with Crippen molar-refractivity contribution >= 4 is 0 Å². The van der Waals surface area contributed by atoms with Gasteiger partial charge >= 0.3 is 0 Å². The average molecular weight is 235 g/mol. The monoisotopic (exact) mass is 235 g/mol. The van der Waals surface area contributed by atoms with Crippen LogP contribution in [0.15, 0.2) is 24.3 Å². The Labute approximate surface area is 103 Å². The van der Waals surface area contributed by atoms with Gasteiger partial charge in [0.25, 0.3) is 0 Å². The van der Waals surface area contributed by atoms with E-state index in [1.54, 1.807) is 12.1 Å². The van der Waals surface area contributed by atoms with E-state index in [9.17, 15) is 5.11 Å². The van der Waals surface area contributed by atoms with Gasteiger partial charge < -0.3 is 15.6 Å². The molecule has 0 aliphatic heterocycles. The molecule has 0 aromatic heterocycles. The number of hydrogen-bond donors (Lipinski definition) is 2. The van der Waals surface area contributed by atoms with Crippen molar-refractivity contribution in [3.8, 4) is 5.75 Å². The van der Waals surface area contributed by atoms with Crippen molar-refractivity contribution in [2.24, 2.45) is 5.73 Å². The highest BCUT2D eigenvalue weighted by Crippen LogP contribution is 2.20. The van der Waals surface area contributed by atoms with Gasteiger partial charge in [0.1, 0.15) is 5.75 Å². The standard InChI is InChI=1S/C14H21NO2/c15-13-4-2-1-3-5-14(13)17-10-11-6-8-12(16)9-7-11/h6-9,13-14,16H,1-5,10,15H2.